The zero-order chi connectivity index (χ0) is 14.7. The van der Waals surface area contributed by atoms with Crippen LogP contribution in [0.25, 0.3) is 0 Å². The molecule has 2 unspecified atom stereocenters. The fourth-order valence-corrected chi connectivity index (χ4v) is 4.34. The number of carbonyl (C=O) groups excluding carboxylic acids is 1. The van der Waals surface area contributed by atoms with E-state index in [1.807, 2.05) is 11.4 Å². The molecule has 2 fully saturated rings. The molecule has 0 bridgehead atoms. The third-order valence-corrected chi connectivity index (χ3v) is 5.39. The number of hydrogen-bond donors (Lipinski definition) is 1. The van der Waals surface area contributed by atoms with Gasteiger partial charge in [-0.1, -0.05) is 18.3 Å². The minimum absolute atomic E-state index is 0.0843. The van der Waals surface area contributed by atoms with Crippen molar-refractivity contribution in [1.82, 2.24) is 4.90 Å². The summed E-state index contributed by atoms with van der Waals surface area (Å²) in [6.45, 7) is 0.988. The maximum absolute atomic E-state index is 12.7. The molecule has 1 aromatic rings. The Labute approximate surface area is 130 Å². The van der Waals surface area contributed by atoms with Crippen LogP contribution < -0.4 is 0 Å². The summed E-state index contributed by atoms with van der Waals surface area (Å²) < 4.78 is 0. The number of amides is 1. The van der Waals surface area contributed by atoms with Gasteiger partial charge in [-0.25, -0.2) is 0 Å². The molecule has 1 saturated heterocycles. The van der Waals surface area contributed by atoms with Gasteiger partial charge in [-0.15, -0.1) is 11.3 Å². The Bertz CT molecular complexity index is 569. The number of carbonyl (C=O) groups is 1. The highest BCUT2D eigenvalue weighted by Crippen LogP contribution is 2.37. The number of rotatable bonds is 2. The highest BCUT2D eigenvalue weighted by molar-refractivity contribution is 7.10. The average Bonchev–Trinajstić information content (AvgIpc) is 3.15. The molecule has 0 radical (unpaired) electrons. The fourth-order valence-electron chi connectivity index (χ4n) is 3.59. The molecule has 1 N–H and O–H groups in total. The topological polar surface area (TPSA) is 40.5 Å². The quantitative estimate of drug-likeness (QED) is 0.854. The van der Waals surface area contributed by atoms with Gasteiger partial charge in [-0.05, 0) is 37.7 Å². The van der Waals surface area contributed by atoms with Crippen molar-refractivity contribution in [2.75, 3.05) is 13.2 Å². The number of aliphatic hydroxyl groups is 1. The van der Waals surface area contributed by atoms with E-state index in [2.05, 4.69) is 16.7 Å². The molecule has 2 heterocycles. The van der Waals surface area contributed by atoms with Crippen LogP contribution in [0.4, 0.5) is 0 Å². The number of hydrogen-bond acceptors (Lipinski definition) is 3. The van der Waals surface area contributed by atoms with E-state index < -0.39 is 0 Å². The monoisotopic (exact) mass is 303 g/mol. The highest BCUT2D eigenvalue weighted by atomic mass is 32.1. The van der Waals surface area contributed by atoms with Crippen molar-refractivity contribution in [3.8, 4) is 11.8 Å². The second-order valence-electron chi connectivity index (χ2n) is 5.87. The molecule has 1 aliphatic carbocycles. The van der Waals surface area contributed by atoms with E-state index in [0.29, 0.717) is 12.5 Å². The smallest absolute Gasteiger partial charge is 0.255 e. The molecule has 2 aliphatic rings. The Morgan fingerprint density at radius 1 is 1.38 bits per heavy atom. The van der Waals surface area contributed by atoms with E-state index in [1.165, 1.54) is 37.0 Å². The zero-order valence-electron chi connectivity index (χ0n) is 12.2. The normalized spacial score (nSPS) is 24.3. The molecule has 3 rings (SSSR count). The maximum Gasteiger partial charge on any atom is 0.255 e. The predicted octanol–water partition coefficient (Wildman–Crippen LogP) is 2.89. The standard InChI is InChI=1S/C17H21NO2S/c19-10-2-1-7-15-11-14(12-21-15)17(20)18-9-4-6-13-5-3-8-16(13)18/h11-13,16,19H,2-6,8-10H2. The zero-order valence-corrected chi connectivity index (χ0v) is 13.0. The highest BCUT2D eigenvalue weighted by Gasteiger charge is 2.37. The molecule has 0 spiro atoms. The number of likely N-dealkylation sites (tertiary alicyclic amines) is 1. The Morgan fingerprint density at radius 3 is 3.10 bits per heavy atom. The minimum Gasteiger partial charge on any atom is -0.395 e. The molecule has 1 aliphatic heterocycles. The van der Waals surface area contributed by atoms with Crippen molar-refractivity contribution in [2.24, 2.45) is 5.92 Å². The van der Waals surface area contributed by atoms with E-state index in [4.69, 9.17) is 5.11 Å². The van der Waals surface area contributed by atoms with Crippen LogP contribution in [0.5, 0.6) is 0 Å². The number of nitrogens with zero attached hydrogens (tertiary/aromatic N) is 1. The Hall–Kier alpha value is -1.31. The van der Waals surface area contributed by atoms with Crippen molar-refractivity contribution in [3.63, 3.8) is 0 Å². The maximum atomic E-state index is 12.7. The van der Waals surface area contributed by atoms with Gasteiger partial charge in [0.2, 0.25) is 0 Å². The van der Waals surface area contributed by atoms with Gasteiger partial charge in [0.15, 0.2) is 0 Å². The SMILES string of the molecule is O=C(c1csc(C#CCCO)c1)N1CCCC2CCCC21. The van der Waals surface area contributed by atoms with Gasteiger partial charge in [0, 0.05) is 24.4 Å². The van der Waals surface area contributed by atoms with Crippen LogP contribution in [-0.4, -0.2) is 35.1 Å². The van der Waals surface area contributed by atoms with Gasteiger partial charge in [0.1, 0.15) is 0 Å². The Balaban J connectivity index is 1.71. The van der Waals surface area contributed by atoms with Crippen LogP contribution >= 0.6 is 11.3 Å². The van der Waals surface area contributed by atoms with E-state index in [-0.39, 0.29) is 12.5 Å². The van der Waals surface area contributed by atoms with Crippen molar-refractivity contribution >= 4 is 17.2 Å². The summed E-state index contributed by atoms with van der Waals surface area (Å²) in [6.07, 6.45) is 6.63. The van der Waals surface area contributed by atoms with Crippen molar-refractivity contribution < 1.29 is 9.90 Å². The summed E-state index contributed by atoms with van der Waals surface area (Å²) in [7, 11) is 0. The molecule has 0 aromatic carbocycles. The lowest BCUT2D eigenvalue weighted by Gasteiger charge is -2.37. The summed E-state index contributed by atoms with van der Waals surface area (Å²) in [5, 5.41) is 10.7. The van der Waals surface area contributed by atoms with Crippen LogP contribution in [0, 0.1) is 17.8 Å². The summed E-state index contributed by atoms with van der Waals surface area (Å²) in [5.74, 6) is 6.82. The molecule has 1 saturated carbocycles. The molecule has 112 valence electrons. The second kappa shape index (κ2) is 6.64. The lowest BCUT2D eigenvalue weighted by atomic mass is 9.91. The Kier molecular flexibility index (Phi) is 4.62. The van der Waals surface area contributed by atoms with E-state index in [0.717, 1.165) is 29.3 Å². The minimum atomic E-state index is 0.0843. The predicted molar refractivity (Wildman–Crippen MR) is 84.3 cm³/mol. The van der Waals surface area contributed by atoms with Crippen LogP contribution in [0.15, 0.2) is 11.4 Å². The van der Waals surface area contributed by atoms with Crippen LogP contribution in [0.2, 0.25) is 0 Å². The summed E-state index contributed by atoms with van der Waals surface area (Å²) in [5.41, 5.74) is 0.779. The molecule has 21 heavy (non-hydrogen) atoms. The van der Waals surface area contributed by atoms with Gasteiger partial charge < -0.3 is 10.0 Å². The Morgan fingerprint density at radius 2 is 2.24 bits per heavy atom. The number of thiophene rings is 1. The number of aliphatic hydroxyl groups excluding tert-OH is 1. The summed E-state index contributed by atoms with van der Waals surface area (Å²) >= 11 is 1.51. The van der Waals surface area contributed by atoms with Gasteiger partial charge in [-0.2, -0.15) is 0 Å². The third kappa shape index (κ3) is 3.14. The van der Waals surface area contributed by atoms with Gasteiger partial charge in [0.05, 0.1) is 17.0 Å². The van der Waals surface area contributed by atoms with Crippen molar-refractivity contribution in [3.05, 3.63) is 21.9 Å². The van der Waals surface area contributed by atoms with E-state index >= 15 is 0 Å². The number of fused-ring (bicyclic) bond motifs is 1. The van der Waals surface area contributed by atoms with Crippen LogP contribution in [0.1, 0.15) is 53.8 Å². The molecule has 4 heteroatoms. The van der Waals surface area contributed by atoms with Gasteiger partial charge >= 0.3 is 0 Å². The van der Waals surface area contributed by atoms with E-state index in [9.17, 15) is 4.79 Å². The lowest BCUT2D eigenvalue weighted by Crippen LogP contribution is -2.46. The van der Waals surface area contributed by atoms with Crippen LogP contribution in [-0.2, 0) is 0 Å². The molecule has 2 atom stereocenters. The third-order valence-electron chi connectivity index (χ3n) is 4.55. The van der Waals surface area contributed by atoms with E-state index in [1.54, 1.807) is 0 Å². The molecule has 3 nitrogen and oxygen atoms in total. The second-order valence-corrected chi connectivity index (χ2v) is 6.79. The van der Waals surface area contributed by atoms with Crippen LogP contribution in [0.3, 0.4) is 0 Å². The molecular weight excluding hydrogens is 282 g/mol. The lowest BCUT2D eigenvalue weighted by molar-refractivity contribution is 0.0549. The van der Waals surface area contributed by atoms with Crippen molar-refractivity contribution in [2.45, 2.75) is 44.6 Å². The van der Waals surface area contributed by atoms with Gasteiger partial charge in [-0.3, -0.25) is 4.79 Å². The molecule has 1 aromatic heterocycles. The molecule has 1 amide bonds. The first kappa shape index (κ1) is 14.6. The van der Waals surface area contributed by atoms with Gasteiger partial charge in [0.25, 0.3) is 5.91 Å². The first-order chi connectivity index (χ1) is 10.3. The first-order valence-electron chi connectivity index (χ1n) is 7.79. The number of piperidine rings is 1. The largest absolute Gasteiger partial charge is 0.395 e. The summed E-state index contributed by atoms with van der Waals surface area (Å²) in [4.78, 5) is 15.7. The van der Waals surface area contributed by atoms with Crippen molar-refractivity contribution in [1.29, 1.82) is 0 Å². The first-order valence-corrected chi connectivity index (χ1v) is 8.67. The fraction of sp³-hybridized carbons (Fsp3) is 0.588. The summed E-state index contributed by atoms with van der Waals surface area (Å²) in [6, 6.07) is 2.37. The molecular formula is C17H21NO2S. The average molecular weight is 303 g/mol.